The Kier molecular flexibility index (Phi) is 6.06. The van der Waals surface area contributed by atoms with Crippen LogP contribution in [0.25, 0.3) is 0 Å². The molecule has 0 fully saturated rings. The summed E-state index contributed by atoms with van der Waals surface area (Å²) in [5.41, 5.74) is 3.73. The molecular formula is C23H19IO3. The molecule has 4 heteroatoms. The Morgan fingerprint density at radius 3 is 1.78 bits per heavy atom. The van der Waals surface area contributed by atoms with E-state index in [0.717, 1.165) is 14.7 Å². The number of hydrogen-bond acceptors (Lipinski definition) is 3. The van der Waals surface area contributed by atoms with Crippen molar-refractivity contribution in [3.8, 4) is 0 Å². The molecule has 0 aliphatic heterocycles. The number of aryl methyl sites for hydroxylation is 2. The fourth-order valence-electron chi connectivity index (χ4n) is 2.64. The molecule has 0 saturated carbocycles. The van der Waals surface area contributed by atoms with Crippen LogP contribution in [0.15, 0.2) is 72.8 Å². The van der Waals surface area contributed by atoms with Gasteiger partial charge in [0.2, 0.25) is 5.78 Å². The van der Waals surface area contributed by atoms with E-state index < -0.39 is 12.1 Å². The van der Waals surface area contributed by atoms with Crippen LogP contribution in [0.2, 0.25) is 0 Å². The van der Waals surface area contributed by atoms with Crippen molar-refractivity contribution in [1.29, 1.82) is 0 Å². The average Bonchev–Trinajstić information content (AvgIpc) is 2.67. The van der Waals surface area contributed by atoms with E-state index in [1.165, 1.54) is 0 Å². The second-order valence-electron chi connectivity index (χ2n) is 6.43. The van der Waals surface area contributed by atoms with E-state index in [2.05, 4.69) is 22.6 Å². The van der Waals surface area contributed by atoms with E-state index in [0.29, 0.717) is 16.7 Å². The van der Waals surface area contributed by atoms with Crippen molar-refractivity contribution in [3.63, 3.8) is 0 Å². The molecule has 0 heterocycles. The highest BCUT2D eigenvalue weighted by molar-refractivity contribution is 14.1. The molecule has 0 aromatic heterocycles. The maximum Gasteiger partial charge on any atom is 0.339 e. The Morgan fingerprint density at radius 1 is 0.741 bits per heavy atom. The van der Waals surface area contributed by atoms with Crippen LogP contribution in [-0.2, 0) is 4.74 Å². The zero-order valence-electron chi connectivity index (χ0n) is 15.1. The third kappa shape index (κ3) is 4.83. The van der Waals surface area contributed by atoms with Crippen LogP contribution >= 0.6 is 22.6 Å². The summed E-state index contributed by atoms with van der Waals surface area (Å²) in [7, 11) is 0. The summed E-state index contributed by atoms with van der Waals surface area (Å²) in [6.07, 6.45) is -0.986. The first-order chi connectivity index (χ1) is 12.9. The van der Waals surface area contributed by atoms with Gasteiger partial charge >= 0.3 is 5.97 Å². The lowest BCUT2D eigenvalue weighted by molar-refractivity contribution is 0.0280. The quantitative estimate of drug-likeness (QED) is 0.274. The molecule has 136 valence electrons. The van der Waals surface area contributed by atoms with Crippen LogP contribution in [0.1, 0.15) is 43.5 Å². The largest absolute Gasteiger partial charge is 0.445 e. The van der Waals surface area contributed by atoms with Crippen LogP contribution in [-0.4, -0.2) is 11.8 Å². The van der Waals surface area contributed by atoms with Gasteiger partial charge in [-0.15, -0.1) is 0 Å². The predicted octanol–water partition coefficient (Wildman–Crippen LogP) is 5.69. The van der Waals surface area contributed by atoms with Gasteiger partial charge in [0.25, 0.3) is 0 Å². The highest BCUT2D eigenvalue weighted by Crippen LogP contribution is 2.25. The Morgan fingerprint density at radius 2 is 1.22 bits per heavy atom. The molecule has 27 heavy (non-hydrogen) atoms. The predicted molar refractivity (Wildman–Crippen MR) is 114 cm³/mol. The Bertz CT molecular complexity index is 942. The Hall–Kier alpha value is -2.47. The highest BCUT2D eigenvalue weighted by Gasteiger charge is 2.26. The maximum absolute atomic E-state index is 13.1. The average molecular weight is 470 g/mol. The van der Waals surface area contributed by atoms with Crippen molar-refractivity contribution < 1.29 is 14.3 Å². The van der Waals surface area contributed by atoms with E-state index in [1.807, 2.05) is 62.4 Å². The second kappa shape index (κ2) is 8.48. The molecule has 0 unspecified atom stereocenters. The zero-order valence-corrected chi connectivity index (χ0v) is 17.3. The van der Waals surface area contributed by atoms with Crippen LogP contribution in [0.4, 0.5) is 0 Å². The summed E-state index contributed by atoms with van der Waals surface area (Å²) < 4.78 is 6.68. The Labute approximate surface area is 172 Å². The third-order valence-electron chi connectivity index (χ3n) is 4.26. The minimum Gasteiger partial charge on any atom is -0.445 e. The molecular weight excluding hydrogens is 451 g/mol. The summed E-state index contributed by atoms with van der Waals surface area (Å²) in [5.74, 6) is -0.754. The first-order valence-corrected chi connectivity index (χ1v) is 9.66. The van der Waals surface area contributed by atoms with Gasteiger partial charge in [-0.2, -0.15) is 0 Å². The van der Waals surface area contributed by atoms with Gasteiger partial charge < -0.3 is 4.74 Å². The first-order valence-electron chi connectivity index (χ1n) is 8.58. The van der Waals surface area contributed by atoms with Crippen molar-refractivity contribution in [3.05, 3.63) is 104 Å². The number of ketones is 1. The van der Waals surface area contributed by atoms with Crippen molar-refractivity contribution in [1.82, 2.24) is 0 Å². The van der Waals surface area contributed by atoms with Gasteiger partial charge in [-0.1, -0.05) is 59.7 Å². The standard InChI is InChI=1S/C23H19IO3/c1-15-3-7-17(8-4-15)21(25)22(18-9-5-16(2)6-10-18)27-23(26)19-11-13-20(24)14-12-19/h3-14,22H,1-2H3/t22-/m0/s1. The van der Waals surface area contributed by atoms with Gasteiger partial charge in [0, 0.05) is 14.7 Å². The van der Waals surface area contributed by atoms with E-state index >= 15 is 0 Å². The molecule has 0 N–H and O–H groups in total. The maximum atomic E-state index is 13.1. The van der Waals surface area contributed by atoms with Crippen molar-refractivity contribution >= 4 is 34.3 Å². The van der Waals surface area contributed by atoms with Gasteiger partial charge in [-0.05, 0) is 60.7 Å². The molecule has 0 spiro atoms. The number of Topliss-reactive ketones (excluding diaryl/α,β-unsaturated/α-hetero) is 1. The molecule has 1 atom stereocenters. The van der Waals surface area contributed by atoms with Crippen LogP contribution in [0, 0.1) is 17.4 Å². The summed E-state index contributed by atoms with van der Waals surface area (Å²) in [4.78, 5) is 25.7. The lowest BCUT2D eigenvalue weighted by Crippen LogP contribution is -2.20. The number of benzene rings is 3. The molecule has 3 aromatic rings. The summed E-state index contributed by atoms with van der Waals surface area (Å²) >= 11 is 2.17. The topological polar surface area (TPSA) is 43.4 Å². The highest BCUT2D eigenvalue weighted by atomic mass is 127. The summed E-state index contributed by atoms with van der Waals surface area (Å²) in [6.45, 7) is 3.93. The number of esters is 1. The molecule has 3 aromatic carbocycles. The van der Waals surface area contributed by atoms with Gasteiger partial charge in [0.05, 0.1) is 5.56 Å². The number of hydrogen-bond donors (Lipinski definition) is 0. The summed E-state index contributed by atoms with van der Waals surface area (Å²) in [6, 6.07) is 21.8. The van der Waals surface area contributed by atoms with E-state index in [-0.39, 0.29) is 5.78 Å². The minimum absolute atomic E-state index is 0.238. The molecule has 0 amide bonds. The van der Waals surface area contributed by atoms with Crippen LogP contribution in [0.3, 0.4) is 0 Å². The lowest BCUT2D eigenvalue weighted by Gasteiger charge is -2.18. The van der Waals surface area contributed by atoms with Gasteiger partial charge in [-0.3, -0.25) is 4.79 Å². The number of carbonyl (C=O) groups excluding carboxylic acids is 2. The Balaban J connectivity index is 1.93. The van der Waals surface area contributed by atoms with E-state index in [4.69, 9.17) is 4.74 Å². The first kappa shape index (κ1) is 19.3. The van der Waals surface area contributed by atoms with E-state index in [1.54, 1.807) is 24.3 Å². The monoisotopic (exact) mass is 470 g/mol. The molecule has 3 rings (SSSR count). The normalized spacial score (nSPS) is 11.7. The van der Waals surface area contributed by atoms with Gasteiger partial charge in [-0.25, -0.2) is 4.79 Å². The van der Waals surface area contributed by atoms with E-state index in [9.17, 15) is 9.59 Å². The molecule has 0 bridgehead atoms. The van der Waals surface area contributed by atoms with Crippen molar-refractivity contribution in [2.24, 2.45) is 0 Å². The number of carbonyl (C=O) groups is 2. The van der Waals surface area contributed by atoms with Crippen LogP contribution in [0.5, 0.6) is 0 Å². The zero-order chi connectivity index (χ0) is 19.4. The number of halogens is 1. The van der Waals surface area contributed by atoms with Crippen LogP contribution < -0.4 is 0 Å². The fourth-order valence-corrected chi connectivity index (χ4v) is 3.00. The number of rotatable bonds is 5. The SMILES string of the molecule is Cc1ccc(C(=O)[C@@H](OC(=O)c2ccc(I)cc2)c2ccc(C)cc2)cc1. The number of ether oxygens (including phenoxy) is 1. The smallest absolute Gasteiger partial charge is 0.339 e. The third-order valence-corrected chi connectivity index (χ3v) is 4.98. The van der Waals surface area contributed by atoms with Gasteiger partial charge in [0.1, 0.15) is 0 Å². The minimum atomic E-state index is -0.986. The molecule has 0 saturated heterocycles. The molecule has 0 radical (unpaired) electrons. The fraction of sp³-hybridized carbons (Fsp3) is 0.130. The second-order valence-corrected chi connectivity index (χ2v) is 7.68. The summed E-state index contributed by atoms with van der Waals surface area (Å²) in [5, 5.41) is 0. The molecule has 0 aliphatic rings. The molecule has 0 aliphatic carbocycles. The molecule has 3 nitrogen and oxygen atoms in total. The van der Waals surface area contributed by atoms with Crippen molar-refractivity contribution in [2.75, 3.05) is 0 Å². The lowest BCUT2D eigenvalue weighted by atomic mass is 9.98. The van der Waals surface area contributed by atoms with Crippen molar-refractivity contribution in [2.45, 2.75) is 20.0 Å². The van der Waals surface area contributed by atoms with Gasteiger partial charge in [0.15, 0.2) is 6.10 Å².